The molecule has 0 saturated carbocycles. The fourth-order valence-electron chi connectivity index (χ4n) is 2.42. The molecule has 0 aliphatic heterocycles. The summed E-state index contributed by atoms with van der Waals surface area (Å²) in [7, 11) is 0. The predicted molar refractivity (Wildman–Crippen MR) is 80.4 cm³/mol. The molecule has 2 aromatic carbocycles. The van der Waals surface area contributed by atoms with Crippen LogP contribution in [0.2, 0.25) is 5.02 Å². The number of aromatic nitrogens is 1. The van der Waals surface area contributed by atoms with Crippen molar-refractivity contribution in [2.75, 3.05) is 0 Å². The van der Waals surface area contributed by atoms with Crippen molar-refractivity contribution in [1.29, 1.82) is 0 Å². The van der Waals surface area contributed by atoms with Crippen molar-refractivity contribution in [3.05, 3.63) is 70.9 Å². The summed E-state index contributed by atoms with van der Waals surface area (Å²) in [4.78, 5) is 0. The zero-order valence-corrected chi connectivity index (χ0v) is 11.3. The third kappa shape index (κ3) is 2.37. The van der Waals surface area contributed by atoms with Crippen molar-refractivity contribution in [1.82, 2.24) is 4.57 Å². The Kier molecular flexibility index (Phi) is 3.28. The smallest absolute Gasteiger partial charge is 0.0528 e. The van der Waals surface area contributed by atoms with E-state index in [4.69, 9.17) is 17.3 Å². The Morgan fingerprint density at radius 2 is 1.79 bits per heavy atom. The van der Waals surface area contributed by atoms with Gasteiger partial charge in [-0.1, -0.05) is 41.9 Å². The highest BCUT2D eigenvalue weighted by molar-refractivity contribution is 6.30. The number of halogens is 1. The highest BCUT2D eigenvalue weighted by Gasteiger charge is 2.05. The summed E-state index contributed by atoms with van der Waals surface area (Å²) in [5.74, 6) is 0. The highest BCUT2D eigenvalue weighted by atomic mass is 35.5. The maximum atomic E-state index is 5.91. The molecule has 0 bridgehead atoms. The molecular weight excluding hydrogens is 256 g/mol. The van der Waals surface area contributed by atoms with Crippen LogP contribution in [0.3, 0.4) is 0 Å². The lowest BCUT2D eigenvalue weighted by Gasteiger charge is -2.09. The summed E-state index contributed by atoms with van der Waals surface area (Å²) in [6, 6.07) is 16.3. The Morgan fingerprint density at radius 1 is 1.00 bits per heavy atom. The molecule has 0 aliphatic carbocycles. The largest absolute Gasteiger partial charge is 0.343 e. The zero-order chi connectivity index (χ0) is 13.2. The maximum Gasteiger partial charge on any atom is 0.0528 e. The van der Waals surface area contributed by atoms with E-state index in [9.17, 15) is 0 Å². The molecule has 0 atom stereocenters. The molecule has 1 heterocycles. The van der Waals surface area contributed by atoms with Gasteiger partial charge in [0.15, 0.2) is 0 Å². The molecule has 0 aliphatic rings. The van der Waals surface area contributed by atoms with Crippen molar-refractivity contribution in [2.45, 2.75) is 13.1 Å². The van der Waals surface area contributed by atoms with Crippen LogP contribution in [0, 0.1) is 0 Å². The minimum atomic E-state index is 0.558. The Balaban J connectivity index is 2.03. The van der Waals surface area contributed by atoms with Gasteiger partial charge < -0.3 is 10.3 Å². The third-order valence-electron chi connectivity index (χ3n) is 3.36. The van der Waals surface area contributed by atoms with Gasteiger partial charge in [-0.3, -0.25) is 0 Å². The molecule has 0 radical (unpaired) electrons. The second kappa shape index (κ2) is 5.08. The van der Waals surface area contributed by atoms with E-state index in [1.165, 1.54) is 22.0 Å². The average Bonchev–Trinajstić information content (AvgIpc) is 2.85. The lowest BCUT2D eigenvalue weighted by Crippen LogP contribution is -2.03. The van der Waals surface area contributed by atoms with Gasteiger partial charge >= 0.3 is 0 Å². The van der Waals surface area contributed by atoms with E-state index >= 15 is 0 Å². The van der Waals surface area contributed by atoms with Gasteiger partial charge in [0.2, 0.25) is 0 Å². The van der Waals surface area contributed by atoms with E-state index in [2.05, 4.69) is 47.2 Å². The minimum Gasteiger partial charge on any atom is -0.343 e. The summed E-state index contributed by atoms with van der Waals surface area (Å²) in [5, 5.41) is 2.00. The van der Waals surface area contributed by atoms with E-state index in [0.29, 0.717) is 6.54 Å². The van der Waals surface area contributed by atoms with Crippen molar-refractivity contribution < 1.29 is 0 Å². The number of hydrogen-bond donors (Lipinski definition) is 1. The van der Waals surface area contributed by atoms with Crippen LogP contribution in [-0.2, 0) is 13.1 Å². The number of rotatable bonds is 3. The van der Waals surface area contributed by atoms with Gasteiger partial charge in [0.05, 0.1) is 5.52 Å². The van der Waals surface area contributed by atoms with Gasteiger partial charge in [-0.15, -0.1) is 0 Å². The summed E-state index contributed by atoms with van der Waals surface area (Å²) in [6.45, 7) is 1.39. The molecule has 2 N–H and O–H groups in total. The topological polar surface area (TPSA) is 30.9 Å². The third-order valence-corrected chi connectivity index (χ3v) is 3.61. The normalized spacial score (nSPS) is 11.1. The van der Waals surface area contributed by atoms with Crippen LogP contribution in [0.15, 0.2) is 54.7 Å². The van der Waals surface area contributed by atoms with Crippen molar-refractivity contribution in [3.8, 4) is 0 Å². The van der Waals surface area contributed by atoms with Crippen LogP contribution in [0.5, 0.6) is 0 Å². The summed E-state index contributed by atoms with van der Waals surface area (Å²) >= 11 is 5.91. The molecule has 19 heavy (non-hydrogen) atoms. The number of nitrogens with zero attached hydrogens (tertiary/aromatic N) is 1. The molecule has 0 spiro atoms. The Bertz CT molecular complexity index is 698. The molecule has 2 nitrogen and oxygen atoms in total. The SMILES string of the molecule is NCc1cccc2ccn(Cc3ccc(Cl)cc3)c12. The van der Waals surface area contributed by atoms with Crippen LogP contribution < -0.4 is 5.73 Å². The first kappa shape index (κ1) is 12.3. The molecule has 96 valence electrons. The number of benzene rings is 2. The first-order valence-electron chi connectivity index (χ1n) is 6.29. The van der Waals surface area contributed by atoms with Crippen molar-refractivity contribution >= 4 is 22.5 Å². The van der Waals surface area contributed by atoms with E-state index in [0.717, 1.165) is 11.6 Å². The first-order valence-corrected chi connectivity index (χ1v) is 6.67. The van der Waals surface area contributed by atoms with E-state index < -0.39 is 0 Å². The molecule has 0 fully saturated rings. The zero-order valence-electron chi connectivity index (χ0n) is 10.5. The monoisotopic (exact) mass is 270 g/mol. The minimum absolute atomic E-state index is 0.558. The Morgan fingerprint density at radius 3 is 2.53 bits per heavy atom. The highest BCUT2D eigenvalue weighted by Crippen LogP contribution is 2.21. The van der Waals surface area contributed by atoms with E-state index in [-0.39, 0.29) is 0 Å². The van der Waals surface area contributed by atoms with Crippen LogP contribution >= 0.6 is 11.6 Å². The van der Waals surface area contributed by atoms with Gasteiger partial charge in [-0.25, -0.2) is 0 Å². The lowest BCUT2D eigenvalue weighted by molar-refractivity contribution is 0.830. The maximum absolute atomic E-state index is 5.91. The quantitative estimate of drug-likeness (QED) is 0.771. The van der Waals surface area contributed by atoms with Crippen LogP contribution in [-0.4, -0.2) is 4.57 Å². The molecule has 1 aromatic heterocycles. The fraction of sp³-hybridized carbons (Fsp3) is 0.125. The van der Waals surface area contributed by atoms with Crippen LogP contribution in [0.25, 0.3) is 10.9 Å². The number of fused-ring (bicyclic) bond motifs is 1. The standard InChI is InChI=1S/C16H15ClN2/c17-15-6-4-12(5-7-15)11-19-9-8-13-2-1-3-14(10-18)16(13)19/h1-9H,10-11,18H2. The second-order valence-corrected chi connectivity index (χ2v) is 5.07. The molecule has 0 unspecified atom stereocenters. The van der Waals surface area contributed by atoms with Gasteiger partial charge in [-0.05, 0) is 34.7 Å². The van der Waals surface area contributed by atoms with Crippen LogP contribution in [0.1, 0.15) is 11.1 Å². The second-order valence-electron chi connectivity index (χ2n) is 4.63. The Labute approximate surface area is 117 Å². The van der Waals surface area contributed by atoms with Crippen molar-refractivity contribution in [3.63, 3.8) is 0 Å². The number of hydrogen-bond acceptors (Lipinski definition) is 1. The average molecular weight is 271 g/mol. The Hall–Kier alpha value is -1.77. The van der Waals surface area contributed by atoms with E-state index in [1.807, 2.05) is 12.1 Å². The van der Waals surface area contributed by atoms with Crippen molar-refractivity contribution in [2.24, 2.45) is 5.73 Å². The van der Waals surface area contributed by atoms with Gasteiger partial charge in [0, 0.05) is 24.3 Å². The molecule has 3 rings (SSSR count). The lowest BCUT2D eigenvalue weighted by atomic mass is 10.1. The fourth-order valence-corrected chi connectivity index (χ4v) is 2.55. The molecule has 0 saturated heterocycles. The summed E-state index contributed by atoms with van der Waals surface area (Å²) < 4.78 is 2.24. The molecule has 0 amide bonds. The van der Waals surface area contributed by atoms with Gasteiger partial charge in [0.1, 0.15) is 0 Å². The number of para-hydroxylation sites is 1. The molecule has 3 heteroatoms. The summed E-state index contributed by atoms with van der Waals surface area (Å²) in [6.07, 6.45) is 2.11. The number of nitrogens with two attached hydrogens (primary N) is 1. The van der Waals surface area contributed by atoms with Gasteiger partial charge in [0.25, 0.3) is 0 Å². The first-order chi connectivity index (χ1) is 9.28. The summed E-state index contributed by atoms with van der Waals surface area (Å²) in [5.41, 5.74) is 9.46. The molecule has 3 aromatic rings. The predicted octanol–water partition coefficient (Wildman–Crippen LogP) is 3.80. The van der Waals surface area contributed by atoms with Crippen LogP contribution in [0.4, 0.5) is 0 Å². The molecular formula is C16H15ClN2. The van der Waals surface area contributed by atoms with E-state index in [1.54, 1.807) is 0 Å². The van der Waals surface area contributed by atoms with Gasteiger partial charge in [-0.2, -0.15) is 0 Å².